The summed E-state index contributed by atoms with van der Waals surface area (Å²) in [5.74, 6) is 0.677. The minimum Gasteiger partial charge on any atom is -0.474 e. The lowest BCUT2D eigenvalue weighted by molar-refractivity contribution is -0.162. The van der Waals surface area contributed by atoms with Gasteiger partial charge in [-0.3, -0.25) is 4.98 Å². The molecule has 3 aromatic heterocycles. The summed E-state index contributed by atoms with van der Waals surface area (Å²) in [7, 11) is 2.10. The van der Waals surface area contributed by atoms with E-state index in [0.717, 1.165) is 75.9 Å². The molecule has 6 rings (SSSR count). The van der Waals surface area contributed by atoms with E-state index in [9.17, 15) is 0 Å². The van der Waals surface area contributed by atoms with Gasteiger partial charge in [0.1, 0.15) is 6.10 Å². The number of benzene rings is 1. The normalized spacial score (nSPS) is 21.6. The van der Waals surface area contributed by atoms with Crippen LogP contribution in [0.5, 0.6) is 5.88 Å². The minimum atomic E-state index is 0.0232. The first kappa shape index (κ1) is 25.3. The van der Waals surface area contributed by atoms with Crippen molar-refractivity contribution in [3.05, 3.63) is 55.0 Å². The number of pyridine rings is 2. The number of hydrogen-bond acceptors (Lipinski definition) is 6. The molecule has 4 aromatic rings. The number of hydrogen-bond donors (Lipinski definition) is 0. The van der Waals surface area contributed by atoms with Gasteiger partial charge in [-0.2, -0.15) is 0 Å². The summed E-state index contributed by atoms with van der Waals surface area (Å²) < 4.78 is 25.7. The summed E-state index contributed by atoms with van der Waals surface area (Å²) in [4.78, 5) is 8.88. The van der Waals surface area contributed by atoms with Crippen molar-refractivity contribution in [2.75, 3.05) is 19.8 Å². The van der Waals surface area contributed by atoms with Crippen molar-refractivity contribution >= 4 is 21.8 Å². The van der Waals surface area contributed by atoms with Gasteiger partial charge in [-0.15, -0.1) is 0 Å². The molecule has 2 aliphatic rings. The highest BCUT2D eigenvalue weighted by Crippen LogP contribution is 2.32. The van der Waals surface area contributed by atoms with Gasteiger partial charge in [0.05, 0.1) is 11.6 Å². The fraction of sp³-hybridized carbons (Fsp3) is 0.484. The van der Waals surface area contributed by atoms with Crippen molar-refractivity contribution in [2.24, 2.45) is 7.05 Å². The zero-order valence-corrected chi connectivity index (χ0v) is 22.2. The third kappa shape index (κ3) is 5.70. The van der Waals surface area contributed by atoms with Crippen LogP contribution < -0.4 is 4.74 Å². The summed E-state index contributed by atoms with van der Waals surface area (Å²) in [6.45, 7) is 2.43. The van der Waals surface area contributed by atoms with Crippen LogP contribution >= 0.6 is 0 Å². The van der Waals surface area contributed by atoms with E-state index in [4.69, 9.17) is 18.9 Å². The average Bonchev–Trinajstić information content (AvgIpc) is 3.23. The van der Waals surface area contributed by atoms with Gasteiger partial charge in [0.2, 0.25) is 5.88 Å². The number of ether oxygens (including phenoxy) is 4. The number of unbranched alkanes of at least 4 members (excludes halogenated alkanes) is 2. The highest BCUT2D eigenvalue weighted by molar-refractivity contribution is 6.08. The molecule has 200 valence electrons. The smallest absolute Gasteiger partial charge is 0.213 e. The van der Waals surface area contributed by atoms with Crippen LogP contribution in [0, 0.1) is 0 Å². The standard InChI is InChI=1S/C31H37N3O4/c1-34-28-12-13-32-21-27(28)26-10-8-22(17-29(26)34)23-9-11-30(33-20-23)38-25-18-24(19-25)35-14-4-2-5-15-36-31-7-3-6-16-37-31/h8-13,17,20-21,24-25,31H,2-7,14-16,18-19H2,1H3/t24-,25-,31?. The maximum Gasteiger partial charge on any atom is 0.213 e. The molecule has 1 aliphatic carbocycles. The summed E-state index contributed by atoms with van der Waals surface area (Å²) in [6.07, 6.45) is 14.7. The summed E-state index contributed by atoms with van der Waals surface area (Å²) in [5, 5.41) is 2.39. The van der Waals surface area contributed by atoms with E-state index in [2.05, 4.69) is 51.9 Å². The molecule has 7 heteroatoms. The van der Waals surface area contributed by atoms with Crippen LogP contribution in [0.15, 0.2) is 55.0 Å². The molecule has 1 saturated heterocycles. The van der Waals surface area contributed by atoms with E-state index in [-0.39, 0.29) is 12.4 Å². The first-order valence-corrected chi connectivity index (χ1v) is 14.0. The van der Waals surface area contributed by atoms with Crippen LogP contribution in [0.4, 0.5) is 0 Å². The van der Waals surface area contributed by atoms with Crippen LogP contribution in [-0.2, 0) is 21.3 Å². The van der Waals surface area contributed by atoms with Crippen molar-refractivity contribution in [3.63, 3.8) is 0 Å². The molecule has 1 aromatic carbocycles. The molecular formula is C31H37N3O4. The lowest BCUT2D eigenvalue weighted by atomic mass is 9.92. The van der Waals surface area contributed by atoms with E-state index in [0.29, 0.717) is 12.0 Å². The van der Waals surface area contributed by atoms with Gasteiger partial charge in [0, 0.05) is 86.2 Å². The Labute approximate surface area is 224 Å². The van der Waals surface area contributed by atoms with E-state index in [1.807, 2.05) is 24.7 Å². The van der Waals surface area contributed by atoms with Crippen molar-refractivity contribution < 1.29 is 18.9 Å². The van der Waals surface area contributed by atoms with E-state index < -0.39 is 0 Å². The Morgan fingerprint density at radius 1 is 0.868 bits per heavy atom. The lowest BCUT2D eigenvalue weighted by Gasteiger charge is -2.34. The topological polar surface area (TPSA) is 67.6 Å². The Kier molecular flexibility index (Phi) is 7.86. The third-order valence-electron chi connectivity index (χ3n) is 7.80. The molecule has 0 N–H and O–H groups in total. The predicted octanol–water partition coefficient (Wildman–Crippen LogP) is 6.43. The van der Waals surface area contributed by atoms with Crippen LogP contribution in [0.2, 0.25) is 0 Å². The molecule has 38 heavy (non-hydrogen) atoms. The molecule has 7 nitrogen and oxygen atoms in total. The molecule has 0 spiro atoms. The number of nitrogens with zero attached hydrogens (tertiary/aromatic N) is 3. The molecule has 1 saturated carbocycles. The van der Waals surface area contributed by atoms with Gasteiger partial charge in [-0.1, -0.05) is 12.1 Å². The maximum atomic E-state index is 6.09. The number of aryl methyl sites for hydroxylation is 1. The largest absolute Gasteiger partial charge is 0.474 e. The summed E-state index contributed by atoms with van der Waals surface area (Å²) in [5.41, 5.74) is 4.59. The van der Waals surface area contributed by atoms with Gasteiger partial charge in [-0.05, 0) is 62.3 Å². The number of aromatic nitrogens is 3. The number of rotatable bonds is 11. The van der Waals surface area contributed by atoms with Crippen molar-refractivity contribution in [2.45, 2.75) is 69.9 Å². The van der Waals surface area contributed by atoms with Gasteiger partial charge in [0.25, 0.3) is 0 Å². The van der Waals surface area contributed by atoms with Gasteiger partial charge in [0.15, 0.2) is 6.29 Å². The first-order valence-electron chi connectivity index (χ1n) is 14.0. The first-order chi connectivity index (χ1) is 18.7. The molecule has 0 bridgehead atoms. The zero-order valence-electron chi connectivity index (χ0n) is 22.2. The Bertz CT molecular complexity index is 1340. The summed E-state index contributed by atoms with van der Waals surface area (Å²) in [6, 6.07) is 12.7. The SMILES string of the molecule is Cn1c2ccncc2c2ccc(-c3ccc(O[C@H]4C[C@H](OCCCCCOC5CCCCO5)C4)nc3)cc21. The molecule has 1 atom stereocenters. The quantitative estimate of drug-likeness (QED) is 0.215. The molecule has 1 aliphatic heterocycles. The lowest BCUT2D eigenvalue weighted by Crippen LogP contribution is -2.39. The Morgan fingerprint density at radius 3 is 2.55 bits per heavy atom. The molecule has 1 unspecified atom stereocenters. The van der Waals surface area contributed by atoms with Crippen LogP contribution in [0.3, 0.4) is 0 Å². The summed E-state index contributed by atoms with van der Waals surface area (Å²) >= 11 is 0. The molecule has 0 radical (unpaired) electrons. The second-order valence-electron chi connectivity index (χ2n) is 10.5. The van der Waals surface area contributed by atoms with Crippen LogP contribution in [0.25, 0.3) is 32.9 Å². The Balaban J connectivity index is 0.917. The van der Waals surface area contributed by atoms with Gasteiger partial charge >= 0.3 is 0 Å². The predicted molar refractivity (Wildman–Crippen MR) is 148 cm³/mol. The fourth-order valence-electron chi connectivity index (χ4n) is 5.46. The Hall–Kier alpha value is -3.00. The zero-order chi connectivity index (χ0) is 25.7. The van der Waals surface area contributed by atoms with Crippen molar-refractivity contribution in [3.8, 4) is 17.0 Å². The van der Waals surface area contributed by atoms with E-state index >= 15 is 0 Å². The molecule has 0 amide bonds. The Morgan fingerprint density at radius 2 is 1.74 bits per heavy atom. The molecular weight excluding hydrogens is 478 g/mol. The molecule has 2 fully saturated rings. The van der Waals surface area contributed by atoms with Crippen LogP contribution in [0.1, 0.15) is 51.4 Å². The minimum absolute atomic E-state index is 0.0232. The maximum absolute atomic E-state index is 6.09. The van der Waals surface area contributed by atoms with E-state index in [1.165, 1.54) is 28.2 Å². The average molecular weight is 516 g/mol. The fourth-order valence-corrected chi connectivity index (χ4v) is 5.46. The van der Waals surface area contributed by atoms with Crippen LogP contribution in [-0.4, -0.2) is 52.9 Å². The number of fused-ring (bicyclic) bond motifs is 3. The van der Waals surface area contributed by atoms with Gasteiger partial charge in [-0.25, -0.2) is 4.98 Å². The molecule has 4 heterocycles. The highest BCUT2D eigenvalue weighted by Gasteiger charge is 2.31. The van der Waals surface area contributed by atoms with Gasteiger partial charge < -0.3 is 23.5 Å². The third-order valence-corrected chi connectivity index (χ3v) is 7.80. The monoisotopic (exact) mass is 515 g/mol. The highest BCUT2D eigenvalue weighted by atomic mass is 16.7. The second kappa shape index (κ2) is 11.8. The van der Waals surface area contributed by atoms with E-state index in [1.54, 1.807) is 0 Å². The van der Waals surface area contributed by atoms with Crippen molar-refractivity contribution in [1.29, 1.82) is 0 Å². The second-order valence-corrected chi connectivity index (χ2v) is 10.5. The van der Waals surface area contributed by atoms with Crippen molar-refractivity contribution in [1.82, 2.24) is 14.5 Å².